The summed E-state index contributed by atoms with van der Waals surface area (Å²) in [5.74, 6) is -1.27. The van der Waals surface area contributed by atoms with Crippen LogP contribution in [0.2, 0.25) is 5.02 Å². The SMILES string of the molecule is O=C(COC(=O)Cc1ccc(Cl)cc1)NC(=O)NCc1ccccc1. The summed E-state index contributed by atoms with van der Waals surface area (Å²) in [7, 11) is 0. The summed E-state index contributed by atoms with van der Waals surface area (Å²) >= 11 is 5.76. The fraction of sp³-hybridized carbons (Fsp3) is 0.167. The Bertz CT molecular complexity index is 733. The van der Waals surface area contributed by atoms with Gasteiger partial charge in [-0.25, -0.2) is 4.79 Å². The number of amides is 3. The lowest BCUT2D eigenvalue weighted by molar-refractivity contribution is -0.147. The highest BCUT2D eigenvalue weighted by Crippen LogP contribution is 2.10. The number of carbonyl (C=O) groups excluding carboxylic acids is 3. The molecule has 0 aliphatic heterocycles. The minimum Gasteiger partial charge on any atom is -0.455 e. The quantitative estimate of drug-likeness (QED) is 0.775. The van der Waals surface area contributed by atoms with Gasteiger partial charge in [-0.15, -0.1) is 0 Å². The minimum atomic E-state index is -0.699. The number of rotatable bonds is 6. The van der Waals surface area contributed by atoms with E-state index in [1.807, 2.05) is 30.3 Å². The van der Waals surface area contributed by atoms with Gasteiger partial charge in [0, 0.05) is 11.6 Å². The molecule has 0 aliphatic rings. The van der Waals surface area contributed by atoms with Gasteiger partial charge in [-0.1, -0.05) is 54.1 Å². The third-order valence-corrected chi connectivity index (χ3v) is 3.43. The van der Waals surface area contributed by atoms with Crippen molar-refractivity contribution in [1.29, 1.82) is 0 Å². The maximum Gasteiger partial charge on any atom is 0.321 e. The van der Waals surface area contributed by atoms with Crippen molar-refractivity contribution >= 4 is 29.5 Å². The van der Waals surface area contributed by atoms with Crippen molar-refractivity contribution < 1.29 is 19.1 Å². The topological polar surface area (TPSA) is 84.5 Å². The van der Waals surface area contributed by atoms with E-state index in [-0.39, 0.29) is 13.0 Å². The number of hydrogen-bond donors (Lipinski definition) is 2. The van der Waals surface area contributed by atoms with Crippen molar-refractivity contribution in [2.24, 2.45) is 0 Å². The van der Waals surface area contributed by atoms with E-state index in [9.17, 15) is 14.4 Å². The van der Waals surface area contributed by atoms with Gasteiger partial charge in [-0.2, -0.15) is 0 Å². The largest absolute Gasteiger partial charge is 0.455 e. The molecule has 2 aromatic carbocycles. The van der Waals surface area contributed by atoms with Gasteiger partial charge in [0.2, 0.25) is 0 Å². The molecule has 0 heterocycles. The first-order chi connectivity index (χ1) is 12.0. The van der Waals surface area contributed by atoms with Gasteiger partial charge >= 0.3 is 12.0 Å². The Morgan fingerprint density at radius 1 is 0.920 bits per heavy atom. The number of esters is 1. The second-order valence-corrected chi connectivity index (χ2v) is 5.62. The van der Waals surface area contributed by atoms with Crippen molar-refractivity contribution in [3.63, 3.8) is 0 Å². The van der Waals surface area contributed by atoms with Crippen molar-refractivity contribution in [2.45, 2.75) is 13.0 Å². The van der Waals surface area contributed by atoms with Crippen LogP contribution in [0.25, 0.3) is 0 Å². The van der Waals surface area contributed by atoms with Gasteiger partial charge in [0.25, 0.3) is 5.91 Å². The molecule has 0 unspecified atom stereocenters. The van der Waals surface area contributed by atoms with Gasteiger partial charge < -0.3 is 10.1 Å². The van der Waals surface area contributed by atoms with Gasteiger partial charge in [0.05, 0.1) is 6.42 Å². The summed E-state index contributed by atoms with van der Waals surface area (Å²) in [6.45, 7) is -0.235. The van der Waals surface area contributed by atoms with Crippen LogP contribution >= 0.6 is 11.6 Å². The Morgan fingerprint density at radius 2 is 1.60 bits per heavy atom. The maximum absolute atomic E-state index is 11.7. The van der Waals surface area contributed by atoms with Crippen molar-refractivity contribution in [3.8, 4) is 0 Å². The zero-order chi connectivity index (χ0) is 18.1. The van der Waals surface area contributed by atoms with E-state index in [1.165, 1.54) is 0 Å². The molecule has 0 spiro atoms. The molecule has 0 aliphatic carbocycles. The van der Waals surface area contributed by atoms with Gasteiger partial charge in [0.1, 0.15) is 0 Å². The van der Waals surface area contributed by atoms with Crippen molar-refractivity contribution in [1.82, 2.24) is 10.6 Å². The molecular weight excluding hydrogens is 344 g/mol. The molecule has 2 aromatic rings. The molecule has 6 nitrogen and oxygen atoms in total. The first-order valence-corrected chi connectivity index (χ1v) is 7.92. The predicted molar refractivity (Wildman–Crippen MR) is 92.9 cm³/mol. The number of nitrogens with one attached hydrogen (secondary N) is 2. The highest BCUT2D eigenvalue weighted by molar-refractivity contribution is 6.30. The molecule has 0 saturated carbocycles. The van der Waals surface area contributed by atoms with Crippen LogP contribution in [0.1, 0.15) is 11.1 Å². The number of imide groups is 1. The Kier molecular flexibility index (Phi) is 6.98. The van der Waals surface area contributed by atoms with E-state index in [1.54, 1.807) is 24.3 Å². The zero-order valence-corrected chi connectivity index (χ0v) is 14.1. The molecule has 0 bridgehead atoms. The van der Waals surface area contributed by atoms with Crippen LogP contribution in [0.3, 0.4) is 0 Å². The Labute approximate surface area is 150 Å². The van der Waals surface area contributed by atoms with E-state index in [2.05, 4.69) is 10.6 Å². The van der Waals surface area contributed by atoms with Crippen molar-refractivity contribution in [3.05, 3.63) is 70.7 Å². The second kappa shape index (κ2) is 9.44. The molecule has 7 heteroatoms. The Morgan fingerprint density at radius 3 is 2.28 bits per heavy atom. The average molecular weight is 361 g/mol. The van der Waals surface area contributed by atoms with E-state index in [0.29, 0.717) is 5.02 Å². The number of halogens is 1. The summed E-state index contributed by atoms with van der Waals surface area (Å²) in [4.78, 5) is 34.9. The van der Waals surface area contributed by atoms with Crippen LogP contribution in [-0.2, 0) is 27.3 Å². The molecule has 0 saturated heterocycles. The predicted octanol–water partition coefficient (Wildman–Crippen LogP) is 2.45. The number of benzene rings is 2. The first kappa shape index (κ1) is 18.5. The molecule has 2 N–H and O–H groups in total. The van der Waals surface area contributed by atoms with E-state index in [4.69, 9.17) is 16.3 Å². The molecule has 3 amide bonds. The zero-order valence-electron chi connectivity index (χ0n) is 13.3. The van der Waals surface area contributed by atoms with Crippen LogP contribution in [0, 0.1) is 0 Å². The van der Waals surface area contributed by atoms with Crippen LogP contribution in [-0.4, -0.2) is 24.5 Å². The van der Waals surface area contributed by atoms with E-state index < -0.39 is 24.5 Å². The van der Waals surface area contributed by atoms with Crippen LogP contribution in [0.4, 0.5) is 4.79 Å². The monoisotopic (exact) mass is 360 g/mol. The van der Waals surface area contributed by atoms with Gasteiger partial charge in [0.15, 0.2) is 6.61 Å². The lowest BCUT2D eigenvalue weighted by atomic mass is 10.1. The third-order valence-electron chi connectivity index (χ3n) is 3.17. The molecule has 0 radical (unpaired) electrons. The Balaban J connectivity index is 1.66. The van der Waals surface area contributed by atoms with E-state index in [0.717, 1.165) is 11.1 Å². The highest BCUT2D eigenvalue weighted by atomic mass is 35.5. The lowest BCUT2D eigenvalue weighted by Gasteiger charge is -2.08. The van der Waals surface area contributed by atoms with Crippen LogP contribution in [0.5, 0.6) is 0 Å². The maximum atomic E-state index is 11.7. The second-order valence-electron chi connectivity index (χ2n) is 5.18. The molecule has 0 aromatic heterocycles. The fourth-order valence-electron chi connectivity index (χ4n) is 1.95. The van der Waals surface area contributed by atoms with E-state index >= 15 is 0 Å². The summed E-state index contributed by atoms with van der Waals surface area (Å²) in [5.41, 5.74) is 1.62. The average Bonchev–Trinajstić information content (AvgIpc) is 2.61. The standard InChI is InChI=1S/C18H17ClN2O4/c19-15-8-6-13(7-9-15)10-17(23)25-12-16(22)21-18(24)20-11-14-4-2-1-3-5-14/h1-9H,10-12H2,(H2,20,21,22,24). The molecule has 25 heavy (non-hydrogen) atoms. The summed E-state index contributed by atoms with van der Waals surface area (Å²) in [5, 5.41) is 5.20. The molecule has 0 fully saturated rings. The lowest BCUT2D eigenvalue weighted by Crippen LogP contribution is -2.41. The molecule has 0 atom stereocenters. The smallest absolute Gasteiger partial charge is 0.321 e. The van der Waals surface area contributed by atoms with Crippen LogP contribution < -0.4 is 10.6 Å². The Hall–Kier alpha value is -2.86. The normalized spacial score (nSPS) is 9.96. The summed E-state index contributed by atoms with van der Waals surface area (Å²) in [6, 6.07) is 15.3. The van der Waals surface area contributed by atoms with Crippen molar-refractivity contribution in [2.75, 3.05) is 6.61 Å². The highest BCUT2D eigenvalue weighted by Gasteiger charge is 2.11. The molecule has 130 valence electrons. The number of ether oxygens (including phenoxy) is 1. The van der Waals surface area contributed by atoms with Gasteiger partial charge in [-0.3, -0.25) is 14.9 Å². The third kappa shape index (κ3) is 7.05. The molecule has 2 rings (SSSR count). The number of urea groups is 1. The summed E-state index contributed by atoms with van der Waals surface area (Å²) < 4.78 is 4.84. The number of carbonyl (C=O) groups is 3. The van der Waals surface area contributed by atoms with Crippen LogP contribution in [0.15, 0.2) is 54.6 Å². The fourth-order valence-corrected chi connectivity index (χ4v) is 2.08. The first-order valence-electron chi connectivity index (χ1n) is 7.54. The number of hydrogen-bond acceptors (Lipinski definition) is 4. The molecular formula is C18H17ClN2O4. The van der Waals surface area contributed by atoms with Gasteiger partial charge in [-0.05, 0) is 23.3 Å². The summed E-state index contributed by atoms with van der Waals surface area (Å²) in [6.07, 6.45) is 0.0185. The minimum absolute atomic E-state index is 0.0185.